The van der Waals surface area contributed by atoms with Gasteiger partial charge in [0.1, 0.15) is 5.75 Å². The fourth-order valence-electron chi connectivity index (χ4n) is 2.32. The van der Waals surface area contributed by atoms with E-state index in [2.05, 4.69) is 42.1 Å². The Morgan fingerprint density at radius 1 is 1.04 bits per heavy atom. The Labute approximate surface area is 164 Å². The molecule has 2 aromatic carbocycles. The number of thioether (sulfide) groups is 1. The maximum absolute atomic E-state index is 12.3. The molecule has 0 radical (unpaired) electrons. The Morgan fingerprint density at radius 3 is 2.56 bits per heavy atom. The molecule has 2 aromatic rings. The van der Waals surface area contributed by atoms with Gasteiger partial charge in [0.2, 0.25) is 5.91 Å². The highest BCUT2D eigenvalue weighted by atomic mass is 32.2. The summed E-state index contributed by atoms with van der Waals surface area (Å²) >= 11 is 1.66. The van der Waals surface area contributed by atoms with Crippen LogP contribution in [0.4, 0.5) is 5.69 Å². The van der Waals surface area contributed by atoms with Gasteiger partial charge in [0.15, 0.2) is 0 Å². The summed E-state index contributed by atoms with van der Waals surface area (Å²) in [5.74, 6) is 0.825. The second-order valence-corrected chi connectivity index (χ2v) is 7.23. The molecule has 0 heterocycles. The molecular formula is C21H25NO4S. The van der Waals surface area contributed by atoms with E-state index in [0.29, 0.717) is 23.6 Å². The lowest BCUT2D eigenvalue weighted by molar-refractivity contribution is -0.141. The predicted molar refractivity (Wildman–Crippen MR) is 108 cm³/mol. The van der Waals surface area contributed by atoms with E-state index < -0.39 is 0 Å². The first-order chi connectivity index (χ1) is 13.0. The second-order valence-electron chi connectivity index (χ2n) is 6.06. The number of benzene rings is 2. The highest BCUT2D eigenvalue weighted by Crippen LogP contribution is 2.25. The monoisotopic (exact) mass is 387 g/mol. The molecule has 2 rings (SSSR count). The fraction of sp³-hybridized carbons (Fsp3) is 0.333. The van der Waals surface area contributed by atoms with Crippen molar-refractivity contribution < 1.29 is 19.1 Å². The van der Waals surface area contributed by atoms with Crippen molar-refractivity contribution in [1.82, 2.24) is 0 Å². The number of carbonyl (C=O) groups excluding carboxylic acids is 2. The van der Waals surface area contributed by atoms with Gasteiger partial charge in [-0.15, -0.1) is 11.8 Å². The first kappa shape index (κ1) is 20.8. The Balaban J connectivity index is 1.82. The molecule has 0 aromatic heterocycles. The molecule has 0 saturated carbocycles. The number of esters is 1. The molecule has 0 aliphatic rings. The van der Waals surface area contributed by atoms with Gasteiger partial charge in [-0.3, -0.25) is 9.59 Å². The number of nitrogens with one attached hydrogen (secondary N) is 1. The van der Waals surface area contributed by atoms with Crippen molar-refractivity contribution in [2.24, 2.45) is 0 Å². The predicted octanol–water partition coefficient (Wildman–Crippen LogP) is 4.37. The van der Waals surface area contributed by atoms with E-state index in [9.17, 15) is 9.59 Å². The van der Waals surface area contributed by atoms with Gasteiger partial charge < -0.3 is 14.8 Å². The van der Waals surface area contributed by atoms with Crippen LogP contribution in [0.2, 0.25) is 0 Å². The van der Waals surface area contributed by atoms with E-state index in [4.69, 9.17) is 4.74 Å². The van der Waals surface area contributed by atoms with Gasteiger partial charge in [0.05, 0.1) is 25.8 Å². The van der Waals surface area contributed by atoms with Crippen LogP contribution in [0.15, 0.2) is 47.4 Å². The van der Waals surface area contributed by atoms with Gasteiger partial charge in [-0.05, 0) is 49.2 Å². The number of anilines is 1. The Morgan fingerprint density at radius 2 is 1.81 bits per heavy atom. The number of amides is 1. The molecule has 5 nitrogen and oxygen atoms in total. The quantitative estimate of drug-likeness (QED) is 0.511. The van der Waals surface area contributed by atoms with E-state index >= 15 is 0 Å². The molecule has 1 N–H and O–H groups in total. The topological polar surface area (TPSA) is 64.6 Å². The van der Waals surface area contributed by atoms with Crippen LogP contribution in [-0.4, -0.2) is 31.3 Å². The summed E-state index contributed by atoms with van der Waals surface area (Å²) in [5.41, 5.74) is 3.12. The van der Waals surface area contributed by atoms with Gasteiger partial charge in [-0.1, -0.05) is 18.2 Å². The van der Waals surface area contributed by atoms with Gasteiger partial charge in [-0.2, -0.15) is 0 Å². The summed E-state index contributed by atoms with van der Waals surface area (Å²) < 4.78 is 10.2. The second kappa shape index (κ2) is 10.6. The number of hydrogen-bond acceptors (Lipinski definition) is 5. The Kier molecular flexibility index (Phi) is 8.20. The minimum Gasteiger partial charge on any atom is -0.491 e. The van der Waals surface area contributed by atoms with Gasteiger partial charge in [-0.25, -0.2) is 0 Å². The van der Waals surface area contributed by atoms with Crippen molar-refractivity contribution in [2.75, 3.05) is 24.8 Å². The Hall–Kier alpha value is -2.47. The molecule has 0 spiro atoms. The van der Waals surface area contributed by atoms with Crippen LogP contribution in [-0.2, 0) is 14.3 Å². The molecule has 0 saturated heterocycles. The van der Waals surface area contributed by atoms with Crippen LogP contribution >= 0.6 is 11.8 Å². The number of rotatable bonds is 9. The van der Waals surface area contributed by atoms with Crippen molar-refractivity contribution in [1.29, 1.82) is 0 Å². The zero-order valence-electron chi connectivity index (χ0n) is 15.9. The summed E-state index contributed by atoms with van der Waals surface area (Å²) in [6.45, 7) is 4.37. The molecule has 0 bridgehead atoms. The molecule has 0 fully saturated rings. The minimum absolute atomic E-state index is 0.0737. The number of methoxy groups -OCH3 is 1. The maximum atomic E-state index is 12.3. The maximum Gasteiger partial charge on any atom is 0.308 e. The molecule has 0 atom stereocenters. The fourth-order valence-corrected chi connectivity index (χ4v) is 3.27. The van der Waals surface area contributed by atoms with E-state index in [-0.39, 0.29) is 24.9 Å². The lowest BCUT2D eigenvalue weighted by Crippen LogP contribution is -2.14. The summed E-state index contributed by atoms with van der Waals surface area (Å²) in [6.07, 6.45) is 0.555. The average molecular weight is 388 g/mol. The standard InChI is InChI=1S/C21H25NO4S/c1-15-8-9-17(14-16(15)2)27-13-11-20(23)22-18-6-4-5-7-19(18)26-12-10-21(24)25-3/h4-9,14H,10-13H2,1-3H3,(H,22,23). The molecular weight excluding hydrogens is 362 g/mol. The first-order valence-electron chi connectivity index (χ1n) is 8.78. The number of para-hydroxylation sites is 2. The smallest absolute Gasteiger partial charge is 0.308 e. The lowest BCUT2D eigenvalue weighted by Gasteiger charge is -2.12. The number of ether oxygens (including phenoxy) is 2. The van der Waals surface area contributed by atoms with Crippen molar-refractivity contribution in [2.45, 2.75) is 31.6 Å². The van der Waals surface area contributed by atoms with Gasteiger partial charge in [0.25, 0.3) is 0 Å². The molecule has 1 amide bonds. The SMILES string of the molecule is COC(=O)CCOc1ccccc1NC(=O)CCSc1ccc(C)c(C)c1. The summed E-state index contributed by atoms with van der Waals surface area (Å²) in [7, 11) is 1.34. The highest BCUT2D eigenvalue weighted by Gasteiger charge is 2.09. The largest absolute Gasteiger partial charge is 0.491 e. The van der Waals surface area contributed by atoms with E-state index in [0.717, 1.165) is 4.90 Å². The van der Waals surface area contributed by atoms with Crippen molar-refractivity contribution in [3.63, 3.8) is 0 Å². The van der Waals surface area contributed by atoms with Crippen molar-refractivity contribution in [3.05, 3.63) is 53.6 Å². The van der Waals surface area contributed by atoms with Crippen molar-refractivity contribution in [3.8, 4) is 5.75 Å². The van der Waals surface area contributed by atoms with Crippen LogP contribution < -0.4 is 10.1 Å². The summed E-state index contributed by atoms with van der Waals surface area (Å²) in [4.78, 5) is 24.6. The average Bonchev–Trinajstić information content (AvgIpc) is 2.66. The number of aryl methyl sites for hydroxylation is 2. The molecule has 27 heavy (non-hydrogen) atoms. The molecule has 0 aliphatic heterocycles. The zero-order chi connectivity index (χ0) is 19.6. The van der Waals surface area contributed by atoms with E-state index in [1.807, 2.05) is 12.1 Å². The zero-order valence-corrected chi connectivity index (χ0v) is 16.7. The number of hydrogen-bond donors (Lipinski definition) is 1. The molecule has 6 heteroatoms. The summed E-state index contributed by atoms with van der Waals surface area (Å²) in [5, 5.41) is 2.88. The van der Waals surface area contributed by atoms with Crippen LogP contribution in [0.25, 0.3) is 0 Å². The number of carbonyl (C=O) groups is 2. The lowest BCUT2D eigenvalue weighted by atomic mass is 10.1. The molecule has 144 valence electrons. The van der Waals surface area contributed by atoms with Gasteiger partial charge >= 0.3 is 5.97 Å². The Bertz CT molecular complexity index is 792. The normalized spacial score (nSPS) is 10.3. The van der Waals surface area contributed by atoms with Crippen molar-refractivity contribution >= 4 is 29.3 Å². The van der Waals surface area contributed by atoms with E-state index in [1.54, 1.807) is 23.9 Å². The minimum atomic E-state index is -0.333. The molecule has 0 unspecified atom stereocenters. The van der Waals surface area contributed by atoms with Crippen LogP contribution in [0.3, 0.4) is 0 Å². The van der Waals surface area contributed by atoms with Crippen LogP contribution in [0.5, 0.6) is 5.75 Å². The van der Waals surface area contributed by atoms with E-state index in [1.165, 1.54) is 18.2 Å². The third-order valence-corrected chi connectivity index (χ3v) is 5.02. The third kappa shape index (κ3) is 6.98. The molecule has 0 aliphatic carbocycles. The van der Waals surface area contributed by atoms with Gasteiger partial charge in [0, 0.05) is 17.1 Å². The third-order valence-electron chi connectivity index (χ3n) is 4.03. The van der Waals surface area contributed by atoms with Crippen LogP contribution in [0, 0.1) is 13.8 Å². The summed E-state index contributed by atoms with van der Waals surface area (Å²) in [6, 6.07) is 13.5. The van der Waals surface area contributed by atoms with Crippen LogP contribution in [0.1, 0.15) is 24.0 Å². The first-order valence-corrected chi connectivity index (χ1v) is 9.76. The highest BCUT2D eigenvalue weighted by molar-refractivity contribution is 7.99.